The summed E-state index contributed by atoms with van der Waals surface area (Å²) in [6.07, 6.45) is 19.0. The van der Waals surface area contributed by atoms with Crippen LogP contribution in [-0.4, -0.2) is 82.1 Å². The minimum atomic E-state index is -0.674. The number of nitrogens with zero attached hydrogens (tertiary/aromatic N) is 1. The van der Waals surface area contributed by atoms with Crippen molar-refractivity contribution in [3.8, 4) is 34.8 Å². The van der Waals surface area contributed by atoms with Crippen molar-refractivity contribution in [2.24, 2.45) is 17.8 Å². The molecule has 1 spiro atoms. The number of aromatic hydroxyl groups is 3. The molecule has 14 rings (SSSR count). The zero-order chi connectivity index (χ0) is 55.2. The van der Waals surface area contributed by atoms with Gasteiger partial charge in [0.05, 0.1) is 38.8 Å². The summed E-state index contributed by atoms with van der Waals surface area (Å²) >= 11 is 0. The Morgan fingerprint density at radius 1 is 0.852 bits per heavy atom. The summed E-state index contributed by atoms with van der Waals surface area (Å²) in [4.78, 5) is 0. The third-order valence-electron chi connectivity index (χ3n) is 19.7. The van der Waals surface area contributed by atoms with Crippen molar-refractivity contribution in [2.45, 2.75) is 145 Å². The van der Waals surface area contributed by atoms with Crippen molar-refractivity contribution < 1.29 is 44.5 Å². The van der Waals surface area contributed by atoms with E-state index in [0.29, 0.717) is 63.4 Å². The topological polar surface area (TPSA) is 167 Å². The number of methoxy groups -OCH3 is 1. The van der Waals surface area contributed by atoms with Crippen LogP contribution in [0.5, 0.6) is 23.0 Å². The van der Waals surface area contributed by atoms with Gasteiger partial charge in [-0.2, -0.15) is 0 Å². The lowest BCUT2D eigenvalue weighted by Gasteiger charge is -2.54. The van der Waals surface area contributed by atoms with E-state index >= 15 is 0 Å². The quantitative estimate of drug-likeness (QED) is 0.0515. The third-order valence-corrected chi connectivity index (χ3v) is 19.7. The van der Waals surface area contributed by atoms with Gasteiger partial charge in [0, 0.05) is 71.3 Å². The normalized spacial score (nSPS) is 25.9. The predicted octanol–water partition coefficient (Wildman–Crippen LogP) is 10.9. The molecular formula is C69H77N3O9. The molecule has 1 saturated heterocycles. The van der Waals surface area contributed by atoms with Gasteiger partial charge in [-0.25, -0.2) is 0 Å². The number of phenols is 3. The van der Waals surface area contributed by atoms with Gasteiger partial charge in [0.2, 0.25) is 0 Å². The number of hydrogen-bond donors (Lipinski definition) is 7. The van der Waals surface area contributed by atoms with E-state index in [-0.39, 0.29) is 77.9 Å². The summed E-state index contributed by atoms with van der Waals surface area (Å²) in [7, 11) is 1.68. The molecule has 12 heteroatoms. The average molecular weight is 1090 g/mol. The molecule has 422 valence electrons. The number of aliphatic hydroxyl groups excluding tert-OH is 2. The predicted molar refractivity (Wildman–Crippen MR) is 313 cm³/mol. The summed E-state index contributed by atoms with van der Waals surface area (Å²) in [5.41, 5.74) is 12.3. The molecule has 5 aliphatic heterocycles. The van der Waals surface area contributed by atoms with Crippen LogP contribution in [0.15, 0.2) is 115 Å². The van der Waals surface area contributed by atoms with Gasteiger partial charge in [-0.1, -0.05) is 79.3 Å². The minimum Gasteiger partial charge on any atom is -0.508 e. The second-order valence-corrected chi connectivity index (χ2v) is 24.5. The zero-order valence-electron chi connectivity index (χ0n) is 46.7. The van der Waals surface area contributed by atoms with Crippen molar-refractivity contribution >= 4 is 16.6 Å². The molecule has 1 saturated carbocycles. The first-order valence-electron chi connectivity index (χ1n) is 29.9. The molecule has 0 radical (unpaired) electrons. The number of aliphatic hydroxyl groups is 2. The van der Waals surface area contributed by atoms with Gasteiger partial charge < -0.3 is 54.4 Å². The van der Waals surface area contributed by atoms with Crippen molar-refractivity contribution in [1.29, 1.82) is 0 Å². The van der Waals surface area contributed by atoms with Crippen LogP contribution in [0.1, 0.15) is 133 Å². The molecule has 5 aromatic carbocycles. The fourth-order valence-corrected chi connectivity index (χ4v) is 15.6. The molecule has 8 bridgehead atoms. The van der Waals surface area contributed by atoms with Crippen LogP contribution in [0.4, 0.5) is 0 Å². The van der Waals surface area contributed by atoms with Crippen molar-refractivity contribution in [3.63, 3.8) is 0 Å². The summed E-state index contributed by atoms with van der Waals surface area (Å²) in [5, 5.41) is 65.5. The number of rotatable bonds is 10. The molecule has 6 aromatic rings. The van der Waals surface area contributed by atoms with E-state index in [1.54, 1.807) is 31.4 Å². The van der Waals surface area contributed by atoms with Crippen molar-refractivity contribution in [2.75, 3.05) is 33.7 Å². The average Bonchev–Trinajstić information content (AvgIpc) is 4.26. The highest BCUT2D eigenvalue weighted by Gasteiger charge is 2.55. The number of aryl methyl sites for hydroxylation is 1. The first kappa shape index (κ1) is 53.7. The number of dihydropyridines is 1. The van der Waals surface area contributed by atoms with Gasteiger partial charge in [0.25, 0.3) is 0 Å². The SMILES string of the molecule is COCNC1C=C2C#C[C@@H](CCc3ccc(O)c(Cc4cccc(O)c4)c3)CCC[C@H]3C[C@H](O)[C@@H]4CCc5c(c(CO)cc(O)c5OCc5cc([C@@]67CCOC[C@@H]6CC6(CCCC6)c6ccccc67)cc6cn(cc56)C(=C2CO3)N1)C4. The smallest absolute Gasteiger partial charge is 0.164 e. The first-order valence-corrected chi connectivity index (χ1v) is 29.9. The van der Waals surface area contributed by atoms with Crippen LogP contribution in [-0.2, 0) is 63.9 Å². The Morgan fingerprint density at radius 2 is 1.73 bits per heavy atom. The standard InChI is InChI=1S/C69H77N3O9/c1-78-42-70-65-33-46-18-16-43(14-15-44-17-21-62(75)48(26-44)27-45-9-6-10-54(74)28-45)8-7-11-55-34-63(76)47-19-20-56-57(31-47)50(38-73)32-64(77)66(56)81-39-51-30-52(29-49-36-72(37-58(49)51)67(71-65)59(46)41-80-55)69-24-25-79-40-53(69)35-68(22-4-5-23-68)60-12-2-3-13-61(60)69/h2-3,6,9-10,12-13,17,21,26,28-30,32-33,36-37,43,47,53,55,63,65,70-71,73-77H,4-5,7-8,11,14-15,19-20,22-25,27,31,34-35,38-42H2,1H3/t43-,47-,53+,55+,63+,65?,69+/m1/s1. The molecule has 81 heavy (non-hydrogen) atoms. The Labute approximate surface area is 475 Å². The van der Waals surface area contributed by atoms with Gasteiger partial charge in [-0.15, -0.1) is 0 Å². The van der Waals surface area contributed by atoms with E-state index in [0.717, 1.165) is 106 Å². The number of hydrogen-bond acceptors (Lipinski definition) is 11. The highest BCUT2D eigenvalue weighted by atomic mass is 16.5. The highest BCUT2D eigenvalue weighted by molar-refractivity contribution is 5.89. The summed E-state index contributed by atoms with van der Waals surface area (Å²) in [5.74, 6) is 9.51. The lowest BCUT2D eigenvalue weighted by atomic mass is 9.51. The molecule has 2 fully saturated rings. The van der Waals surface area contributed by atoms with Crippen molar-refractivity contribution in [1.82, 2.24) is 15.2 Å². The molecule has 1 aromatic heterocycles. The maximum Gasteiger partial charge on any atom is 0.164 e. The number of fused-ring (bicyclic) bond motifs is 7. The molecule has 8 aliphatic rings. The molecule has 6 heterocycles. The van der Waals surface area contributed by atoms with E-state index in [2.05, 4.69) is 88.0 Å². The summed E-state index contributed by atoms with van der Waals surface area (Å²) in [6, 6.07) is 28.8. The fraction of sp³-hybridized carbons (Fsp3) is 0.449. The molecule has 1 unspecified atom stereocenters. The Hall–Kier alpha value is -6.56. The van der Waals surface area contributed by atoms with Crippen molar-refractivity contribution in [3.05, 3.63) is 170 Å². The largest absolute Gasteiger partial charge is 0.508 e. The third kappa shape index (κ3) is 10.3. The highest BCUT2D eigenvalue weighted by Crippen LogP contribution is 2.60. The van der Waals surface area contributed by atoms with E-state index in [9.17, 15) is 25.5 Å². The van der Waals surface area contributed by atoms with Crippen LogP contribution in [0.25, 0.3) is 16.6 Å². The second kappa shape index (κ2) is 22.6. The number of ether oxygens (including phenoxy) is 4. The summed E-state index contributed by atoms with van der Waals surface area (Å²) in [6.45, 7) is 1.92. The molecule has 0 amide bonds. The molecule has 12 nitrogen and oxygen atoms in total. The number of phenolic OH excluding ortho intramolecular Hbond substituents is 3. The number of benzene rings is 5. The lowest BCUT2D eigenvalue weighted by molar-refractivity contribution is -0.00873. The number of aromatic nitrogens is 1. The Bertz CT molecular complexity index is 3470. The Balaban J connectivity index is 0.944. The van der Waals surface area contributed by atoms with E-state index < -0.39 is 6.10 Å². The minimum absolute atomic E-state index is 0.0219. The van der Waals surface area contributed by atoms with E-state index in [1.807, 2.05) is 18.2 Å². The Kier molecular flexibility index (Phi) is 15.0. The summed E-state index contributed by atoms with van der Waals surface area (Å²) < 4.78 is 28.4. The lowest BCUT2D eigenvalue weighted by Crippen LogP contribution is -2.51. The monoisotopic (exact) mass is 1090 g/mol. The molecule has 3 aliphatic carbocycles. The van der Waals surface area contributed by atoms with Gasteiger partial charge in [-0.05, 0) is 187 Å². The van der Waals surface area contributed by atoms with Gasteiger partial charge in [-0.3, -0.25) is 5.32 Å². The Morgan fingerprint density at radius 3 is 2.58 bits per heavy atom. The van der Waals surface area contributed by atoms with Gasteiger partial charge >= 0.3 is 0 Å². The van der Waals surface area contributed by atoms with Crippen LogP contribution in [0.3, 0.4) is 0 Å². The fourth-order valence-electron chi connectivity index (χ4n) is 15.6. The van der Waals surface area contributed by atoms with Crippen LogP contribution in [0.2, 0.25) is 0 Å². The second-order valence-electron chi connectivity index (χ2n) is 24.5. The first-order chi connectivity index (χ1) is 39.6. The van der Waals surface area contributed by atoms with Gasteiger partial charge in [0.1, 0.15) is 30.1 Å². The maximum absolute atomic E-state index is 12.3. The van der Waals surface area contributed by atoms with Gasteiger partial charge in [0.15, 0.2) is 11.5 Å². The van der Waals surface area contributed by atoms with E-state index in [1.165, 1.54) is 42.4 Å². The van der Waals surface area contributed by atoms with Crippen LogP contribution < -0.4 is 15.4 Å². The molecule has 7 atom stereocenters. The van der Waals surface area contributed by atoms with E-state index in [4.69, 9.17) is 18.9 Å². The number of nitrogens with one attached hydrogen (secondary N) is 2. The molecule has 7 N–H and O–H groups in total. The molecular weight excluding hydrogens is 1010 g/mol. The zero-order valence-corrected chi connectivity index (χ0v) is 46.7. The maximum atomic E-state index is 12.3. The van der Waals surface area contributed by atoms with Crippen LogP contribution in [0, 0.1) is 29.6 Å². The van der Waals surface area contributed by atoms with Crippen LogP contribution >= 0.6 is 0 Å².